The molecule has 168 valence electrons. The molecule has 30 heavy (non-hydrogen) atoms. The molecule has 0 radical (unpaired) electrons. The van der Waals surface area contributed by atoms with Gasteiger partial charge in [0, 0.05) is 12.6 Å². The van der Waals surface area contributed by atoms with E-state index in [0.29, 0.717) is 6.61 Å². The fraction of sp³-hybridized carbons (Fsp3) is 0.708. The molecule has 0 aliphatic carbocycles. The van der Waals surface area contributed by atoms with E-state index in [9.17, 15) is 4.79 Å². The Labute approximate surface area is 183 Å². The van der Waals surface area contributed by atoms with Crippen LogP contribution in [0.3, 0.4) is 0 Å². The van der Waals surface area contributed by atoms with Crippen LogP contribution in [0.15, 0.2) is 30.3 Å². The fourth-order valence-corrected chi connectivity index (χ4v) is 7.03. The lowest BCUT2D eigenvalue weighted by molar-refractivity contribution is -0.0610. The van der Waals surface area contributed by atoms with Gasteiger partial charge in [-0.05, 0) is 52.6 Å². The van der Waals surface area contributed by atoms with E-state index in [1.807, 2.05) is 13.8 Å². The third-order valence-corrected chi connectivity index (χ3v) is 8.64. The van der Waals surface area contributed by atoms with Crippen molar-refractivity contribution in [1.29, 1.82) is 0 Å². The molecule has 0 saturated carbocycles. The van der Waals surface area contributed by atoms with Crippen LogP contribution in [-0.2, 0) is 16.0 Å². The fourth-order valence-electron chi connectivity index (χ4n) is 5.05. The summed E-state index contributed by atoms with van der Waals surface area (Å²) in [5, 5.41) is 0. The molecule has 0 bridgehead atoms. The summed E-state index contributed by atoms with van der Waals surface area (Å²) in [5.41, 5.74) is 0.239. The molecule has 3 rings (SSSR count). The van der Waals surface area contributed by atoms with Crippen molar-refractivity contribution in [2.24, 2.45) is 0 Å². The van der Waals surface area contributed by atoms with Crippen LogP contribution in [-0.4, -0.2) is 60.2 Å². The Morgan fingerprint density at radius 1 is 1.17 bits per heavy atom. The zero-order valence-electron chi connectivity index (χ0n) is 19.9. The van der Waals surface area contributed by atoms with E-state index in [1.54, 1.807) is 4.90 Å². The normalized spacial score (nSPS) is 25.2. The van der Waals surface area contributed by atoms with Gasteiger partial charge in [0.05, 0.1) is 20.2 Å². The first-order valence-electron chi connectivity index (χ1n) is 11.3. The molecule has 0 unspecified atom stereocenters. The molecule has 0 aromatic heterocycles. The smallest absolute Gasteiger partial charge is 0.412 e. The third-order valence-electron chi connectivity index (χ3n) is 6.43. The molecule has 0 N–H and O–H groups in total. The van der Waals surface area contributed by atoms with Crippen molar-refractivity contribution >= 4 is 14.2 Å². The number of ether oxygens (including phenoxy) is 2. The lowest BCUT2D eigenvalue weighted by Crippen LogP contribution is -2.60. The van der Waals surface area contributed by atoms with Gasteiger partial charge in [0.1, 0.15) is 11.5 Å². The summed E-state index contributed by atoms with van der Waals surface area (Å²) in [7, 11) is -1.79. The largest absolute Gasteiger partial charge is 0.448 e. The van der Waals surface area contributed by atoms with E-state index < -0.39 is 13.8 Å². The minimum Gasteiger partial charge on any atom is -0.448 e. The van der Waals surface area contributed by atoms with Crippen molar-refractivity contribution in [3.63, 3.8) is 0 Å². The minimum atomic E-state index is -1.79. The first-order chi connectivity index (χ1) is 13.9. The number of hydrogen-bond acceptors (Lipinski definition) is 4. The number of carbonyl (C=O) groups is 1. The lowest BCUT2D eigenvalue weighted by Gasteiger charge is -2.46. The van der Waals surface area contributed by atoms with Crippen molar-refractivity contribution in [3.05, 3.63) is 35.9 Å². The molecule has 2 fully saturated rings. The van der Waals surface area contributed by atoms with E-state index in [1.165, 1.54) is 18.4 Å². The Kier molecular flexibility index (Phi) is 6.70. The zero-order valence-corrected chi connectivity index (χ0v) is 20.9. The molecule has 0 spiro atoms. The number of likely N-dealkylation sites (tertiary alicyclic amines) is 1. The molecule has 2 atom stereocenters. The van der Waals surface area contributed by atoms with Crippen molar-refractivity contribution in [2.45, 2.75) is 96.2 Å². The summed E-state index contributed by atoms with van der Waals surface area (Å²) in [4.78, 5) is 17.8. The second-order valence-corrected chi connectivity index (χ2v) is 16.4. The monoisotopic (exact) mass is 432 g/mol. The molecular weight excluding hydrogens is 392 g/mol. The molecule has 1 aromatic rings. The van der Waals surface area contributed by atoms with Crippen molar-refractivity contribution in [2.75, 3.05) is 13.2 Å². The van der Waals surface area contributed by atoms with Gasteiger partial charge in [-0.3, -0.25) is 9.80 Å². The van der Waals surface area contributed by atoms with Gasteiger partial charge < -0.3 is 9.47 Å². The molecular formula is C24H40N2O3Si. The Balaban J connectivity index is 1.83. The van der Waals surface area contributed by atoms with Crippen LogP contribution >= 0.6 is 0 Å². The van der Waals surface area contributed by atoms with E-state index in [4.69, 9.17) is 9.47 Å². The number of hydrogen-bond donors (Lipinski definition) is 0. The van der Waals surface area contributed by atoms with Crippen LogP contribution in [0, 0.1) is 0 Å². The average Bonchev–Trinajstić information content (AvgIpc) is 2.88. The molecule has 2 heterocycles. The first-order valence-corrected chi connectivity index (χ1v) is 14.9. The standard InChI is InChI=1S/C24H40N2O3Si/c1-23(2)18-28-24(3,4)26(23)22(27)29-21(30(5,6)7)20-15-11-12-16-25(20)17-19-13-9-8-10-14-19/h8-10,13-14,20-21H,11-12,15-18H2,1-7H3/t20-,21+/m1/s1. The molecule has 1 aromatic carbocycles. The maximum atomic E-state index is 13.5. The number of piperidine rings is 1. The van der Waals surface area contributed by atoms with Crippen LogP contribution < -0.4 is 0 Å². The highest BCUT2D eigenvalue weighted by Crippen LogP contribution is 2.37. The Morgan fingerprint density at radius 3 is 2.40 bits per heavy atom. The van der Waals surface area contributed by atoms with Crippen LogP contribution in [0.5, 0.6) is 0 Å². The highest BCUT2D eigenvalue weighted by Gasteiger charge is 2.51. The molecule has 2 saturated heterocycles. The quantitative estimate of drug-likeness (QED) is 0.594. The van der Waals surface area contributed by atoms with Gasteiger partial charge in [-0.1, -0.05) is 56.4 Å². The first kappa shape index (κ1) is 23.3. The molecule has 1 amide bonds. The SMILES string of the molecule is CC1(C)COC(C)(C)N1C(=O)O[C@H]([C@H]1CCCCN1Cc1ccccc1)[Si](C)(C)C. The summed E-state index contributed by atoms with van der Waals surface area (Å²) in [6.07, 6.45) is 3.24. The zero-order chi connectivity index (χ0) is 22.2. The predicted molar refractivity (Wildman–Crippen MR) is 124 cm³/mol. The number of rotatable bonds is 5. The summed E-state index contributed by atoms with van der Waals surface area (Å²) in [5.74, 6) is 0. The Morgan fingerprint density at radius 2 is 1.83 bits per heavy atom. The van der Waals surface area contributed by atoms with Gasteiger partial charge in [0.15, 0.2) is 0 Å². The summed E-state index contributed by atoms with van der Waals surface area (Å²) in [6, 6.07) is 10.9. The average molecular weight is 433 g/mol. The van der Waals surface area contributed by atoms with Crippen molar-refractivity contribution in [1.82, 2.24) is 9.80 Å². The Hall–Kier alpha value is -1.37. The Bertz CT molecular complexity index is 714. The lowest BCUT2D eigenvalue weighted by atomic mass is 10.0. The maximum absolute atomic E-state index is 13.5. The number of amides is 1. The van der Waals surface area contributed by atoms with Gasteiger partial charge in [0.25, 0.3) is 0 Å². The second kappa shape index (κ2) is 8.64. The van der Waals surface area contributed by atoms with E-state index in [0.717, 1.165) is 19.5 Å². The van der Waals surface area contributed by atoms with E-state index >= 15 is 0 Å². The van der Waals surface area contributed by atoms with Crippen LogP contribution in [0.4, 0.5) is 4.79 Å². The molecule has 5 nitrogen and oxygen atoms in total. The van der Waals surface area contributed by atoms with Gasteiger partial charge in [-0.15, -0.1) is 0 Å². The number of benzene rings is 1. The number of nitrogens with zero attached hydrogens (tertiary/aromatic N) is 2. The number of carbonyl (C=O) groups excluding carboxylic acids is 1. The van der Waals surface area contributed by atoms with E-state index in [-0.39, 0.29) is 23.4 Å². The van der Waals surface area contributed by atoms with Crippen LogP contribution in [0.2, 0.25) is 19.6 Å². The third kappa shape index (κ3) is 5.09. The van der Waals surface area contributed by atoms with E-state index in [2.05, 4.69) is 68.7 Å². The van der Waals surface area contributed by atoms with Crippen LogP contribution in [0.1, 0.15) is 52.5 Å². The summed E-state index contributed by atoms with van der Waals surface area (Å²) >= 11 is 0. The summed E-state index contributed by atoms with van der Waals surface area (Å²) in [6.45, 7) is 17.4. The highest BCUT2D eigenvalue weighted by atomic mass is 28.3. The topological polar surface area (TPSA) is 42.0 Å². The molecule has 6 heteroatoms. The molecule has 2 aliphatic heterocycles. The van der Waals surface area contributed by atoms with Crippen LogP contribution in [0.25, 0.3) is 0 Å². The van der Waals surface area contributed by atoms with Crippen molar-refractivity contribution in [3.8, 4) is 0 Å². The van der Waals surface area contributed by atoms with Crippen molar-refractivity contribution < 1.29 is 14.3 Å². The minimum absolute atomic E-state index is 0.0544. The van der Waals surface area contributed by atoms with Gasteiger partial charge in [-0.2, -0.15) is 0 Å². The predicted octanol–water partition coefficient (Wildman–Crippen LogP) is 5.27. The van der Waals surface area contributed by atoms with Gasteiger partial charge in [0.2, 0.25) is 0 Å². The highest BCUT2D eigenvalue weighted by molar-refractivity contribution is 6.77. The van der Waals surface area contributed by atoms with Gasteiger partial charge >= 0.3 is 6.09 Å². The second-order valence-electron chi connectivity index (χ2n) is 11.1. The molecule has 2 aliphatic rings. The maximum Gasteiger partial charge on any atom is 0.412 e. The summed E-state index contributed by atoms with van der Waals surface area (Å²) < 4.78 is 12.3. The van der Waals surface area contributed by atoms with Gasteiger partial charge in [-0.25, -0.2) is 4.79 Å².